The van der Waals surface area contributed by atoms with Gasteiger partial charge in [-0.25, -0.2) is 0 Å². The van der Waals surface area contributed by atoms with Crippen LogP contribution in [0.2, 0.25) is 0 Å². The van der Waals surface area contributed by atoms with Crippen molar-refractivity contribution in [3.63, 3.8) is 0 Å². The van der Waals surface area contributed by atoms with Gasteiger partial charge < -0.3 is 10.2 Å². The van der Waals surface area contributed by atoms with Gasteiger partial charge in [-0.2, -0.15) is 11.8 Å². The first-order valence-electron chi connectivity index (χ1n) is 6.58. The van der Waals surface area contributed by atoms with E-state index in [2.05, 4.69) is 54.5 Å². The van der Waals surface area contributed by atoms with Crippen molar-refractivity contribution in [3.05, 3.63) is 24.0 Å². The molecule has 1 unspecified atom stereocenters. The van der Waals surface area contributed by atoms with E-state index >= 15 is 0 Å². The highest BCUT2D eigenvalue weighted by atomic mass is 32.2. The van der Waals surface area contributed by atoms with Gasteiger partial charge in [0.1, 0.15) is 0 Å². The number of aromatic nitrogens is 1. The maximum Gasteiger partial charge on any atom is 0.0572 e. The van der Waals surface area contributed by atoms with Crippen LogP contribution in [0.25, 0.3) is 0 Å². The highest BCUT2D eigenvalue weighted by Gasteiger charge is 2.06. The molecule has 1 aromatic rings. The van der Waals surface area contributed by atoms with Crippen LogP contribution in [-0.4, -0.2) is 37.1 Å². The summed E-state index contributed by atoms with van der Waals surface area (Å²) in [5.74, 6) is 1.15. The molecule has 1 N–H and O–H groups in total. The number of rotatable bonds is 8. The molecule has 0 bridgehead atoms. The fourth-order valence-corrected chi connectivity index (χ4v) is 2.16. The predicted octanol–water partition coefficient (Wildman–Crippen LogP) is 2.94. The van der Waals surface area contributed by atoms with Gasteiger partial charge in [0.2, 0.25) is 0 Å². The third-order valence-electron chi connectivity index (χ3n) is 2.99. The molecule has 0 aromatic carbocycles. The van der Waals surface area contributed by atoms with E-state index in [1.54, 1.807) is 0 Å². The fraction of sp³-hybridized carbons (Fsp3) is 0.643. The van der Waals surface area contributed by atoms with Crippen molar-refractivity contribution in [2.45, 2.75) is 26.3 Å². The number of nitrogens with one attached hydrogen (secondary N) is 1. The number of anilines is 1. The van der Waals surface area contributed by atoms with E-state index in [-0.39, 0.29) is 0 Å². The molecule has 102 valence electrons. The summed E-state index contributed by atoms with van der Waals surface area (Å²) in [4.78, 5) is 6.80. The maximum absolute atomic E-state index is 4.55. The van der Waals surface area contributed by atoms with E-state index in [9.17, 15) is 0 Å². The Bertz CT molecular complexity index is 293. The molecule has 0 aliphatic carbocycles. The molecule has 18 heavy (non-hydrogen) atoms. The Morgan fingerprint density at radius 1 is 1.44 bits per heavy atom. The average molecular weight is 267 g/mol. The Morgan fingerprint density at radius 3 is 2.78 bits per heavy atom. The van der Waals surface area contributed by atoms with E-state index in [0.717, 1.165) is 31.0 Å². The fourth-order valence-electron chi connectivity index (χ4n) is 1.70. The first-order valence-corrected chi connectivity index (χ1v) is 7.97. The molecule has 0 aliphatic rings. The minimum Gasteiger partial charge on any atom is -0.373 e. The normalized spacial score (nSPS) is 12.4. The predicted molar refractivity (Wildman–Crippen MR) is 82.6 cm³/mol. The monoisotopic (exact) mass is 267 g/mol. The SMILES string of the molecule is CCCNC(C)c1ccc(N(C)CCSC)cn1. The molecule has 0 aliphatic heterocycles. The molecule has 0 amide bonds. The summed E-state index contributed by atoms with van der Waals surface area (Å²) in [6, 6.07) is 4.61. The average Bonchev–Trinajstić information content (AvgIpc) is 2.42. The van der Waals surface area contributed by atoms with E-state index < -0.39 is 0 Å². The van der Waals surface area contributed by atoms with Crippen LogP contribution >= 0.6 is 11.8 Å². The van der Waals surface area contributed by atoms with Crippen LogP contribution in [0.3, 0.4) is 0 Å². The van der Waals surface area contributed by atoms with Gasteiger partial charge in [0, 0.05) is 25.4 Å². The molecule has 0 saturated heterocycles. The third-order valence-corrected chi connectivity index (χ3v) is 3.58. The van der Waals surface area contributed by atoms with Gasteiger partial charge in [0.05, 0.1) is 17.6 Å². The molecule has 0 radical (unpaired) electrons. The minimum absolute atomic E-state index is 0.329. The number of thioether (sulfide) groups is 1. The zero-order chi connectivity index (χ0) is 13.4. The van der Waals surface area contributed by atoms with Crippen LogP contribution in [0.5, 0.6) is 0 Å². The molecular formula is C14H25N3S. The first kappa shape index (κ1) is 15.3. The highest BCUT2D eigenvalue weighted by Crippen LogP contribution is 2.15. The van der Waals surface area contributed by atoms with Crippen LogP contribution in [-0.2, 0) is 0 Å². The van der Waals surface area contributed by atoms with Crippen LogP contribution < -0.4 is 10.2 Å². The van der Waals surface area contributed by atoms with Crippen molar-refractivity contribution in [1.29, 1.82) is 0 Å². The van der Waals surface area contributed by atoms with Crippen molar-refractivity contribution in [2.75, 3.05) is 37.0 Å². The molecule has 1 atom stereocenters. The van der Waals surface area contributed by atoms with Gasteiger partial charge in [0.15, 0.2) is 0 Å². The zero-order valence-electron chi connectivity index (χ0n) is 11.9. The standard InChI is InChI=1S/C14H25N3S/c1-5-8-15-12(2)14-7-6-13(11-16-14)17(3)9-10-18-4/h6-7,11-12,15H,5,8-10H2,1-4H3. The quantitative estimate of drug-likeness (QED) is 0.784. The Balaban J connectivity index is 2.56. The minimum atomic E-state index is 0.329. The Kier molecular flexibility index (Phi) is 7.13. The first-order chi connectivity index (χ1) is 8.69. The smallest absolute Gasteiger partial charge is 0.0572 e. The zero-order valence-corrected chi connectivity index (χ0v) is 12.8. The summed E-state index contributed by atoms with van der Waals surface area (Å²) >= 11 is 1.87. The topological polar surface area (TPSA) is 28.2 Å². The lowest BCUT2D eigenvalue weighted by Gasteiger charge is -2.19. The van der Waals surface area contributed by atoms with Crippen molar-refractivity contribution in [2.24, 2.45) is 0 Å². The van der Waals surface area contributed by atoms with E-state index in [0.29, 0.717) is 6.04 Å². The molecule has 0 saturated carbocycles. The summed E-state index contributed by atoms with van der Waals surface area (Å²) in [5.41, 5.74) is 2.31. The number of pyridine rings is 1. The summed E-state index contributed by atoms with van der Waals surface area (Å²) in [7, 11) is 2.12. The van der Waals surface area contributed by atoms with Crippen LogP contribution in [0.1, 0.15) is 32.0 Å². The molecule has 1 heterocycles. The van der Waals surface area contributed by atoms with Crippen LogP contribution in [0.4, 0.5) is 5.69 Å². The highest BCUT2D eigenvalue weighted by molar-refractivity contribution is 7.98. The lowest BCUT2D eigenvalue weighted by molar-refractivity contribution is 0.558. The summed E-state index contributed by atoms with van der Waals surface area (Å²) in [6.07, 6.45) is 5.26. The van der Waals surface area contributed by atoms with Crippen LogP contribution in [0, 0.1) is 0 Å². The van der Waals surface area contributed by atoms with Gasteiger partial charge in [-0.1, -0.05) is 6.92 Å². The maximum atomic E-state index is 4.55. The van der Waals surface area contributed by atoms with Gasteiger partial charge >= 0.3 is 0 Å². The Morgan fingerprint density at radius 2 is 2.22 bits per heavy atom. The Hall–Kier alpha value is -0.740. The molecule has 1 aromatic heterocycles. The van der Waals surface area contributed by atoms with Crippen molar-refractivity contribution < 1.29 is 0 Å². The lowest BCUT2D eigenvalue weighted by Crippen LogP contribution is -2.22. The lowest BCUT2D eigenvalue weighted by atomic mass is 10.2. The van der Waals surface area contributed by atoms with E-state index in [1.165, 1.54) is 5.69 Å². The third kappa shape index (κ3) is 4.86. The summed E-state index contributed by atoms with van der Waals surface area (Å²) in [5, 5.41) is 3.45. The summed E-state index contributed by atoms with van der Waals surface area (Å²) in [6.45, 7) is 6.44. The van der Waals surface area contributed by atoms with Gasteiger partial charge in [0.25, 0.3) is 0 Å². The number of hydrogen-bond donors (Lipinski definition) is 1. The van der Waals surface area contributed by atoms with E-state index in [4.69, 9.17) is 0 Å². The van der Waals surface area contributed by atoms with Crippen LogP contribution in [0.15, 0.2) is 18.3 Å². The van der Waals surface area contributed by atoms with Gasteiger partial charge in [-0.05, 0) is 38.3 Å². The molecular weight excluding hydrogens is 242 g/mol. The van der Waals surface area contributed by atoms with Crippen molar-refractivity contribution in [3.8, 4) is 0 Å². The Labute approximate surface area is 115 Å². The van der Waals surface area contributed by atoms with Gasteiger partial charge in [-0.15, -0.1) is 0 Å². The second-order valence-corrected chi connectivity index (χ2v) is 5.52. The molecule has 4 heteroatoms. The number of hydrogen-bond acceptors (Lipinski definition) is 4. The molecule has 1 rings (SSSR count). The van der Waals surface area contributed by atoms with Gasteiger partial charge in [-0.3, -0.25) is 4.98 Å². The molecule has 0 fully saturated rings. The molecule has 3 nitrogen and oxygen atoms in total. The largest absolute Gasteiger partial charge is 0.373 e. The molecule has 0 spiro atoms. The van der Waals surface area contributed by atoms with Crippen molar-refractivity contribution in [1.82, 2.24) is 10.3 Å². The summed E-state index contributed by atoms with van der Waals surface area (Å²) < 4.78 is 0. The second kappa shape index (κ2) is 8.38. The van der Waals surface area contributed by atoms with E-state index in [1.807, 2.05) is 18.0 Å². The number of nitrogens with zero attached hydrogens (tertiary/aromatic N) is 2. The second-order valence-electron chi connectivity index (χ2n) is 4.53. The van der Waals surface area contributed by atoms with Crippen molar-refractivity contribution >= 4 is 17.4 Å².